The Morgan fingerprint density at radius 2 is 1.24 bits per heavy atom. The number of carbonyl (C=O) groups is 3. The maximum absolute atomic E-state index is 14.9. The first kappa shape index (κ1) is 25.5. The van der Waals surface area contributed by atoms with Crippen LogP contribution < -0.4 is 0 Å². The molecule has 3 fully saturated rings. The van der Waals surface area contributed by atoms with Crippen LogP contribution in [-0.4, -0.2) is 77.9 Å². The largest absolute Gasteiger partial charge is 0.468 e. The predicted molar refractivity (Wildman–Crippen MR) is 134 cm³/mol. The maximum atomic E-state index is 14.9. The number of rotatable bonds is 5. The third kappa shape index (κ3) is 3.78. The molecule has 4 heterocycles. The van der Waals surface area contributed by atoms with Crippen molar-refractivity contribution in [2.45, 2.75) is 50.2 Å². The van der Waals surface area contributed by atoms with E-state index in [1.807, 2.05) is 36.2 Å². The van der Waals surface area contributed by atoms with E-state index in [0.29, 0.717) is 0 Å². The highest BCUT2D eigenvalue weighted by Crippen LogP contribution is 2.61. The number of aromatic nitrogens is 2. The van der Waals surface area contributed by atoms with E-state index < -0.39 is 40.6 Å². The van der Waals surface area contributed by atoms with Gasteiger partial charge in [-0.15, -0.1) is 0 Å². The molecule has 1 aliphatic carbocycles. The van der Waals surface area contributed by atoms with Crippen LogP contribution in [0.2, 0.25) is 0 Å². The molecule has 2 aromatic rings. The summed E-state index contributed by atoms with van der Waals surface area (Å²) in [4.78, 5) is 55.2. The molecule has 9 heteroatoms. The number of methoxy groups -OCH3 is 2. The summed E-state index contributed by atoms with van der Waals surface area (Å²) < 4.78 is 10.8. The van der Waals surface area contributed by atoms with Crippen molar-refractivity contribution in [1.82, 2.24) is 19.8 Å². The molecule has 0 spiro atoms. The maximum Gasteiger partial charge on any atom is 0.322 e. The number of Topliss-reactive ketones (excluding diaryl/α,β-unsaturated/α-hetero) is 1. The van der Waals surface area contributed by atoms with E-state index in [2.05, 4.69) is 14.9 Å². The van der Waals surface area contributed by atoms with Crippen LogP contribution >= 0.6 is 0 Å². The predicted octanol–water partition coefficient (Wildman–Crippen LogP) is 2.74. The molecule has 2 aromatic heterocycles. The standard InChI is InChI=1S/C28H34N4O5/c1-31-22(19-9-13-29-14-10-19)27(25(34)36-2)17-32(21-7-5-4-6-8-21)18-28(24(27)33,26(35)37-3)23(31)20-11-15-30-16-12-20/h9-16,21-23H,4-8,17-18H2,1-3H3/t22-,23+,27-,28+. The minimum atomic E-state index is -1.63. The van der Waals surface area contributed by atoms with Crippen LogP contribution in [0.5, 0.6) is 0 Å². The summed E-state index contributed by atoms with van der Waals surface area (Å²) in [7, 11) is 4.49. The fraction of sp³-hybridized carbons (Fsp3) is 0.536. The summed E-state index contributed by atoms with van der Waals surface area (Å²) in [5.41, 5.74) is -1.73. The summed E-state index contributed by atoms with van der Waals surface area (Å²) in [6.07, 6.45) is 11.9. The highest BCUT2D eigenvalue weighted by atomic mass is 16.5. The average molecular weight is 507 g/mol. The Hall–Kier alpha value is -3.17. The monoisotopic (exact) mass is 506 g/mol. The normalized spacial score (nSPS) is 31.1. The fourth-order valence-electron chi connectivity index (χ4n) is 7.24. The quantitative estimate of drug-likeness (QED) is 0.447. The summed E-state index contributed by atoms with van der Waals surface area (Å²) in [6.45, 7) is 0.366. The van der Waals surface area contributed by atoms with Crippen LogP contribution in [-0.2, 0) is 23.9 Å². The first-order valence-electron chi connectivity index (χ1n) is 12.9. The van der Waals surface area contributed by atoms with Gasteiger partial charge in [-0.3, -0.25) is 34.2 Å². The highest BCUT2D eigenvalue weighted by Gasteiger charge is 2.75. The molecule has 4 atom stereocenters. The Morgan fingerprint density at radius 3 is 1.65 bits per heavy atom. The van der Waals surface area contributed by atoms with Crippen molar-refractivity contribution in [2.75, 3.05) is 34.4 Å². The third-order valence-electron chi connectivity index (χ3n) is 8.70. The van der Waals surface area contributed by atoms with Gasteiger partial charge in [0.1, 0.15) is 0 Å². The molecular formula is C28H34N4O5. The summed E-state index contributed by atoms with van der Waals surface area (Å²) in [5, 5.41) is 0. The Morgan fingerprint density at radius 1 is 0.811 bits per heavy atom. The summed E-state index contributed by atoms with van der Waals surface area (Å²) in [5.74, 6) is -1.70. The number of nitrogens with zero attached hydrogens (tertiary/aromatic N) is 4. The van der Waals surface area contributed by atoms with Crippen LogP contribution in [0.15, 0.2) is 49.1 Å². The first-order chi connectivity index (χ1) is 17.9. The molecule has 37 heavy (non-hydrogen) atoms. The second-order valence-corrected chi connectivity index (χ2v) is 10.5. The van der Waals surface area contributed by atoms with Crippen LogP contribution in [0.3, 0.4) is 0 Å². The van der Waals surface area contributed by atoms with Crippen molar-refractivity contribution < 1.29 is 23.9 Å². The zero-order valence-electron chi connectivity index (χ0n) is 21.6. The van der Waals surface area contributed by atoms with E-state index in [9.17, 15) is 14.4 Å². The van der Waals surface area contributed by atoms with Crippen molar-refractivity contribution in [3.05, 3.63) is 60.2 Å². The smallest absolute Gasteiger partial charge is 0.322 e. The van der Waals surface area contributed by atoms with Gasteiger partial charge in [0.2, 0.25) is 0 Å². The number of piperidine rings is 2. The highest BCUT2D eigenvalue weighted by molar-refractivity contribution is 6.17. The number of hydrogen-bond donors (Lipinski definition) is 0. The van der Waals surface area contributed by atoms with Gasteiger partial charge in [0.15, 0.2) is 16.6 Å². The molecule has 0 amide bonds. The van der Waals surface area contributed by atoms with Crippen LogP contribution in [0.25, 0.3) is 0 Å². The number of likely N-dealkylation sites (tertiary alicyclic amines) is 2. The summed E-state index contributed by atoms with van der Waals surface area (Å²) in [6, 6.07) is 6.10. The van der Waals surface area contributed by atoms with Gasteiger partial charge in [-0.05, 0) is 55.3 Å². The lowest BCUT2D eigenvalue weighted by Crippen LogP contribution is -2.76. The molecule has 3 aliphatic rings. The number of ether oxygens (including phenoxy) is 2. The van der Waals surface area contributed by atoms with Gasteiger partial charge in [0.05, 0.1) is 26.3 Å². The van der Waals surface area contributed by atoms with Crippen LogP contribution in [0.4, 0.5) is 0 Å². The van der Waals surface area contributed by atoms with Gasteiger partial charge in [-0.25, -0.2) is 0 Å². The van der Waals surface area contributed by atoms with Gasteiger partial charge >= 0.3 is 11.9 Å². The lowest BCUT2D eigenvalue weighted by atomic mass is 9.53. The van der Waals surface area contributed by atoms with E-state index in [4.69, 9.17) is 9.47 Å². The number of carbonyl (C=O) groups excluding carboxylic acids is 3. The molecule has 1 saturated carbocycles. The van der Waals surface area contributed by atoms with E-state index in [1.54, 1.807) is 24.8 Å². The number of fused-ring (bicyclic) bond motifs is 2. The lowest BCUT2D eigenvalue weighted by Gasteiger charge is -2.62. The van der Waals surface area contributed by atoms with Crippen molar-refractivity contribution in [3.8, 4) is 0 Å². The van der Waals surface area contributed by atoms with Gasteiger partial charge in [-0.2, -0.15) is 0 Å². The number of pyridine rings is 2. The second-order valence-electron chi connectivity index (χ2n) is 10.5. The molecule has 196 valence electrons. The number of hydrogen-bond acceptors (Lipinski definition) is 9. The Labute approximate surface area is 217 Å². The topological polar surface area (TPSA) is 102 Å². The minimum absolute atomic E-state index is 0.162. The van der Waals surface area contributed by atoms with Crippen molar-refractivity contribution >= 4 is 17.7 Å². The molecule has 0 aromatic carbocycles. The zero-order valence-corrected chi connectivity index (χ0v) is 21.6. The minimum Gasteiger partial charge on any atom is -0.468 e. The lowest BCUT2D eigenvalue weighted by molar-refractivity contribution is -0.205. The van der Waals surface area contributed by atoms with Crippen LogP contribution in [0.1, 0.15) is 55.3 Å². The average Bonchev–Trinajstić information content (AvgIpc) is 2.94. The molecule has 0 N–H and O–H groups in total. The zero-order chi connectivity index (χ0) is 26.2. The SMILES string of the molecule is COC(=O)[C@]12CN(C3CCCCC3)C[C@](C(=O)OC)(C1=O)[C@@H](c1ccncc1)N(C)[C@H]2c1ccncc1. The number of ketones is 1. The molecule has 9 nitrogen and oxygen atoms in total. The van der Waals surface area contributed by atoms with Gasteiger partial charge < -0.3 is 9.47 Å². The Kier molecular flexibility index (Phi) is 6.85. The van der Waals surface area contributed by atoms with Gasteiger partial charge in [-0.1, -0.05) is 19.3 Å². The van der Waals surface area contributed by atoms with E-state index in [0.717, 1.165) is 43.2 Å². The van der Waals surface area contributed by atoms with E-state index in [-0.39, 0.29) is 19.1 Å². The van der Waals surface area contributed by atoms with E-state index in [1.165, 1.54) is 14.2 Å². The van der Waals surface area contributed by atoms with Crippen molar-refractivity contribution in [3.63, 3.8) is 0 Å². The van der Waals surface area contributed by atoms with Gasteiger partial charge in [0.25, 0.3) is 0 Å². The Balaban J connectivity index is 1.81. The molecular weight excluding hydrogens is 472 g/mol. The fourth-order valence-corrected chi connectivity index (χ4v) is 7.24. The third-order valence-corrected chi connectivity index (χ3v) is 8.70. The molecule has 2 saturated heterocycles. The van der Waals surface area contributed by atoms with Crippen molar-refractivity contribution in [2.24, 2.45) is 10.8 Å². The number of esters is 2. The molecule has 2 bridgehead atoms. The second kappa shape index (κ2) is 9.95. The van der Waals surface area contributed by atoms with Crippen molar-refractivity contribution in [1.29, 1.82) is 0 Å². The first-order valence-corrected chi connectivity index (χ1v) is 12.9. The Bertz CT molecular complexity index is 1080. The molecule has 2 aliphatic heterocycles. The molecule has 0 unspecified atom stereocenters. The van der Waals surface area contributed by atoms with E-state index >= 15 is 0 Å². The molecule has 5 rings (SSSR count). The summed E-state index contributed by atoms with van der Waals surface area (Å²) >= 11 is 0. The van der Waals surface area contributed by atoms with Crippen LogP contribution in [0, 0.1) is 10.8 Å². The van der Waals surface area contributed by atoms with Gasteiger partial charge in [0, 0.05) is 43.9 Å². The molecule has 0 radical (unpaired) electrons.